The fourth-order valence-electron chi connectivity index (χ4n) is 3.25. The molecule has 0 atom stereocenters. The number of amides is 1. The summed E-state index contributed by atoms with van der Waals surface area (Å²) < 4.78 is 0. The van der Waals surface area contributed by atoms with Crippen LogP contribution in [-0.4, -0.2) is 44.3 Å². The fourth-order valence-corrected chi connectivity index (χ4v) is 3.25. The molecule has 1 aromatic heterocycles. The van der Waals surface area contributed by atoms with Gasteiger partial charge in [0.25, 0.3) is 5.91 Å². The summed E-state index contributed by atoms with van der Waals surface area (Å²) in [7, 11) is 0. The molecule has 4 N–H and O–H groups in total. The molecule has 0 saturated heterocycles. The average Bonchev–Trinajstić information content (AvgIpc) is 3.65. The molecule has 5 rings (SSSR count). The Morgan fingerprint density at radius 1 is 1.00 bits per heavy atom. The van der Waals surface area contributed by atoms with E-state index in [0.717, 1.165) is 40.4 Å². The minimum absolute atomic E-state index is 0.0127. The highest BCUT2D eigenvalue weighted by atomic mass is 16.6. The van der Waals surface area contributed by atoms with E-state index in [1.54, 1.807) is 0 Å². The minimum Gasteiger partial charge on any atom is -0.450 e. The lowest BCUT2D eigenvalue weighted by molar-refractivity contribution is 0.0951. The van der Waals surface area contributed by atoms with Gasteiger partial charge in [0.15, 0.2) is 0 Å². The van der Waals surface area contributed by atoms with Gasteiger partial charge in [0.1, 0.15) is 0 Å². The number of fused-ring (bicyclic) bond motifs is 1. The lowest BCUT2D eigenvalue weighted by atomic mass is 9.97. The van der Waals surface area contributed by atoms with Gasteiger partial charge in [-0.25, -0.2) is 14.8 Å². The lowest BCUT2D eigenvalue weighted by Crippen LogP contribution is -2.25. The number of carbonyl (C=O) groups excluding carboxylic acids is 1. The molecule has 8 heteroatoms. The third kappa shape index (κ3) is 5.48. The van der Waals surface area contributed by atoms with E-state index in [2.05, 4.69) is 39.7 Å². The Kier molecular flexibility index (Phi) is 5.70. The molecule has 2 saturated carbocycles. The molecular formula is C23H24N4O4. The zero-order valence-electron chi connectivity index (χ0n) is 17.1. The molecule has 2 aromatic carbocycles. The van der Waals surface area contributed by atoms with Crippen molar-refractivity contribution in [2.24, 2.45) is 0 Å². The van der Waals surface area contributed by atoms with Gasteiger partial charge in [-0.1, -0.05) is 12.1 Å². The van der Waals surface area contributed by atoms with E-state index in [4.69, 9.17) is 15.0 Å². The molecule has 0 radical (unpaired) electrons. The topological polar surface area (TPSA) is 124 Å². The third-order valence-corrected chi connectivity index (χ3v) is 5.21. The predicted octanol–water partition coefficient (Wildman–Crippen LogP) is 4.29. The third-order valence-electron chi connectivity index (χ3n) is 5.21. The number of nitrogens with one attached hydrogen (secondary N) is 2. The van der Waals surface area contributed by atoms with Crippen LogP contribution in [0.3, 0.4) is 0 Å². The minimum atomic E-state index is -1.83. The van der Waals surface area contributed by atoms with Crippen molar-refractivity contribution in [1.29, 1.82) is 0 Å². The van der Waals surface area contributed by atoms with Crippen LogP contribution in [0.4, 0.5) is 10.7 Å². The zero-order chi connectivity index (χ0) is 22.0. The number of hydrogen-bond acceptors (Lipinski definition) is 5. The Bertz CT molecular complexity index is 1140. The highest BCUT2D eigenvalue weighted by Gasteiger charge is 2.24. The van der Waals surface area contributed by atoms with Gasteiger partial charge in [-0.3, -0.25) is 4.79 Å². The molecule has 8 nitrogen and oxygen atoms in total. The molecule has 1 amide bonds. The summed E-state index contributed by atoms with van der Waals surface area (Å²) >= 11 is 0. The molecule has 0 unspecified atom stereocenters. The van der Waals surface area contributed by atoms with Gasteiger partial charge in [-0.15, -0.1) is 0 Å². The van der Waals surface area contributed by atoms with Crippen LogP contribution in [0.15, 0.2) is 42.6 Å². The second kappa shape index (κ2) is 8.59. The van der Waals surface area contributed by atoms with Crippen LogP contribution in [0.5, 0.6) is 0 Å². The fraction of sp³-hybridized carbons (Fsp3) is 0.304. The van der Waals surface area contributed by atoms with Crippen LogP contribution >= 0.6 is 0 Å². The molecule has 2 fully saturated rings. The first-order valence-corrected chi connectivity index (χ1v) is 10.3. The number of aromatic nitrogens is 2. The summed E-state index contributed by atoms with van der Waals surface area (Å²) in [5.41, 5.74) is 4.93. The van der Waals surface area contributed by atoms with Crippen molar-refractivity contribution in [3.63, 3.8) is 0 Å². The number of carboxylic acid groups (broad SMARTS) is 2. The summed E-state index contributed by atoms with van der Waals surface area (Å²) in [5, 5.41) is 21.3. The lowest BCUT2D eigenvalue weighted by Gasteiger charge is -2.11. The van der Waals surface area contributed by atoms with Gasteiger partial charge in [0.05, 0.1) is 5.52 Å². The molecule has 2 aliphatic rings. The van der Waals surface area contributed by atoms with Gasteiger partial charge in [-0.2, -0.15) is 0 Å². The first-order valence-electron chi connectivity index (χ1n) is 10.3. The molecule has 2 aliphatic carbocycles. The molecule has 0 spiro atoms. The maximum atomic E-state index is 12.4. The average molecular weight is 420 g/mol. The number of hydrogen-bond donors (Lipinski definition) is 4. The number of nitrogens with zero attached hydrogens (tertiary/aromatic N) is 2. The number of carbonyl (C=O) groups is 2. The van der Waals surface area contributed by atoms with E-state index in [0.29, 0.717) is 23.6 Å². The molecule has 0 aliphatic heterocycles. The van der Waals surface area contributed by atoms with Crippen LogP contribution in [-0.2, 0) is 0 Å². The standard InChI is InChI=1S/C22H22N4O.CH2O3/c1-13-2-3-15(21(27)24-17-5-6-17)11-19(13)14-4-9-20-16(10-14)12-23-22(26-20)25-18-7-8-18;2-1(3)4/h2-4,9-12,17-18H,5-8H2,1H3,(H,24,27)(H,23,25,26);(H2,2,3,4). The molecule has 1 heterocycles. The second-order valence-electron chi connectivity index (χ2n) is 7.95. The normalized spacial score (nSPS) is 15.0. The largest absolute Gasteiger partial charge is 0.503 e. The van der Waals surface area contributed by atoms with Crippen molar-refractivity contribution in [2.75, 3.05) is 5.32 Å². The number of benzene rings is 2. The van der Waals surface area contributed by atoms with Crippen LogP contribution in [0.1, 0.15) is 41.6 Å². The summed E-state index contributed by atoms with van der Waals surface area (Å²) in [6.45, 7) is 2.07. The first kappa shape index (κ1) is 20.6. The second-order valence-corrected chi connectivity index (χ2v) is 7.95. The highest BCUT2D eigenvalue weighted by Crippen LogP contribution is 2.29. The van der Waals surface area contributed by atoms with Crippen LogP contribution in [0, 0.1) is 6.92 Å². The highest BCUT2D eigenvalue weighted by molar-refractivity contribution is 5.96. The van der Waals surface area contributed by atoms with Gasteiger partial charge in [0, 0.05) is 29.2 Å². The van der Waals surface area contributed by atoms with E-state index in [9.17, 15) is 4.79 Å². The Hall–Kier alpha value is -3.68. The maximum absolute atomic E-state index is 12.4. The number of rotatable bonds is 5. The van der Waals surface area contributed by atoms with Gasteiger partial charge >= 0.3 is 6.16 Å². The van der Waals surface area contributed by atoms with Crippen LogP contribution in [0.2, 0.25) is 0 Å². The monoisotopic (exact) mass is 420 g/mol. The Morgan fingerprint density at radius 3 is 2.39 bits per heavy atom. The number of aryl methyl sites for hydroxylation is 1. The Labute approximate surface area is 179 Å². The van der Waals surface area contributed by atoms with E-state index < -0.39 is 6.16 Å². The summed E-state index contributed by atoms with van der Waals surface area (Å²) in [4.78, 5) is 30.0. The van der Waals surface area contributed by atoms with Crippen molar-refractivity contribution >= 4 is 28.9 Å². The summed E-state index contributed by atoms with van der Waals surface area (Å²) in [6, 6.07) is 13.0. The maximum Gasteiger partial charge on any atom is 0.503 e. The van der Waals surface area contributed by atoms with Gasteiger partial charge < -0.3 is 20.8 Å². The van der Waals surface area contributed by atoms with Crippen molar-refractivity contribution in [1.82, 2.24) is 15.3 Å². The van der Waals surface area contributed by atoms with E-state index in [-0.39, 0.29) is 5.91 Å². The molecule has 0 bridgehead atoms. The Balaban J connectivity index is 0.000000535. The van der Waals surface area contributed by atoms with Gasteiger partial charge in [0.2, 0.25) is 5.95 Å². The zero-order valence-corrected chi connectivity index (χ0v) is 17.1. The molecule has 160 valence electrons. The quantitative estimate of drug-likeness (QED) is 0.485. The van der Waals surface area contributed by atoms with Crippen molar-refractivity contribution in [3.8, 4) is 11.1 Å². The van der Waals surface area contributed by atoms with Crippen molar-refractivity contribution < 1.29 is 19.8 Å². The van der Waals surface area contributed by atoms with Crippen LogP contribution < -0.4 is 10.6 Å². The first-order chi connectivity index (χ1) is 14.9. The summed E-state index contributed by atoms with van der Waals surface area (Å²) in [6.07, 6.45) is 4.61. The van der Waals surface area contributed by atoms with Gasteiger partial charge in [-0.05, 0) is 73.6 Å². The smallest absolute Gasteiger partial charge is 0.450 e. The predicted molar refractivity (Wildman–Crippen MR) is 117 cm³/mol. The van der Waals surface area contributed by atoms with Crippen molar-refractivity contribution in [3.05, 3.63) is 53.7 Å². The SMILES string of the molecule is Cc1ccc(C(=O)NC2CC2)cc1-c1ccc2nc(NC3CC3)ncc2c1.O=C(O)O. The van der Waals surface area contributed by atoms with Crippen molar-refractivity contribution in [2.45, 2.75) is 44.7 Å². The van der Waals surface area contributed by atoms with E-state index in [1.807, 2.05) is 30.5 Å². The Morgan fingerprint density at radius 2 is 1.71 bits per heavy atom. The molecule has 3 aromatic rings. The van der Waals surface area contributed by atoms with E-state index >= 15 is 0 Å². The molecule has 31 heavy (non-hydrogen) atoms. The summed E-state index contributed by atoms with van der Waals surface area (Å²) in [5.74, 6) is 0.714. The van der Waals surface area contributed by atoms with Crippen LogP contribution in [0.25, 0.3) is 22.0 Å². The van der Waals surface area contributed by atoms with E-state index in [1.165, 1.54) is 12.8 Å². The number of anilines is 1. The molecular weight excluding hydrogens is 396 g/mol.